The van der Waals surface area contributed by atoms with Crippen LogP contribution in [0.4, 0.5) is 5.69 Å². The van der Waals surface area contributed by atoms with Gasteiger partial charge in [-0.25, -0.2) is 0 Å². The van der Waals surface area contributed by atoms with E-state index in [0.717, 1.165) is 29.4 Å². The van der Waals surface area contributed by atoms with Crippen molar-refractivity contribution in [3.8, 4) is 0 Å². The van der Waals surface area contributed by atoms with Crippen LogP contribution >= 0.6 is 12.4 Å². The average molecular weight is 301 g/mol. The molecule has 0 saturated heterocycles. The Labute approximate surface area is 131 Å². The van der Waals surface area contributed by atoms with Gasteiger partial charge in [0.05, 0.1) is 5.52 Å². The molecular weight excluding hydrogens is 280 g/mol. The lowest BCUT2D eigenvalue weighted by Crippen LogP contribution is -2.24. The molecule has 0 aliphatic heterocycles. The van der Waals surface area contributed by atoms with Gasteiger partial charge in [-0.3, -0.25) is 4.98 Å². The molecule has 2 bridgehead atoms. The average Bonchev–Trinajstić information content (AvgIpc) is 2.36. The zero-order chi connectivity index (χ0) is 13.9. The van der Waals surface area contributed by atoms with Gasteiger partial charge in [0.2, 0.25) is 0 Å². The third-order valence-corrected chi connectivity index (χ3v) is 4.84. The number of nitrogen functional groups attached to an aromatic ring is 1. The Morgan fingerprint density at radius 3 is 2.81 bits per heavy atom. The molecule has 0 saturated carbocycles. The van der Waals surface area contributed by atoms with Gasteiger partial charge in [-0.2, -0.15) is 0 Å². The second-order valence-electron chi connectivity index (χ2n) is 6.52. The third kappa shape index (κ3) is 2.22. The summed E-state index contributed by atoms with van der Waals surface area (Å²) < 4.78 is 0. The van der Waals surface area contributed by atoms with Gasteiger partial charge < -0.3 is 5.73 Å². The lowest BCUT2D eigenvalue weighted by atomic mass is 9.71. The Morgan fingerprint density at radius 1 is 1.19 bits per heavy atom. The Hall–Kier alpha value is -1.54. The number of allylic oxidation sites excluding steroid dienone is 2. The van der Waals surface area contributed by atoms with Crippen molar-refractivity contribution in [1.82, 2.24) is 4.98 Å². The number of anilines is 1. The molecule has 1 heterocycles. The molecule has 4 rings (SSSR count). The van der Waals surface area contributed by atoms with Crippen molar-refractivity contribution >= 4 is 29.0 Å². The summed E-state index contributed by atoms with van der Waals surface area (Å²) in [7, 11) is 0. The zero-order valence-corrected chi connectivity index (χ0v) is 13.3. The van der Waals surface area contributed by atoms with Gasteiger partial charge in [-0.15, -0.1) is 12.4 Å². The number of benzene rings is 1. The topological polar surface area (TPSA) is 38.9 Å². The molecule has 0 radical (unpaired) electrons. The molecule has 0 spiro atoms. The molecule has 2 unspecified atom stereocenters. The quantitative estimate of drug-likeness (QED) is 0.725. The van der Waals surface area contributed by atoms with Gasteiger partial charge in [0, 0.05) is 22.3 Å². The summed E-state index contributed by atoms with van der Waals surface area (Å²) in [5.74, 6) is 1.24. The van der Waals surface area contributed by atoms with Crippen LogP contribution < -0.4 is 5.73 Å². The number of hydrogen-bond acceptors (Lipinski definition) is 2. The molecule has 21 heavy (non-hydrogen) atoms. The van der Waals surface area contributed by atoms with Crippen LogP contribution in [0.2, 0.25) is 0 Å². The first-order valence-corrected chi connectivity index (χ1v) is 7.47. The van der Waals surface area contributed by atoms with Crippen molar-refractivity contribution < 1.29 is 0 Å². The monoisotopic (exact) mass is 300 g/mol. The SMILES string of the molecule is CC1=CC2Cc3nc4cc(C)ccc4c(N)c3C(C1)C2.Cl. The Kier molecular flexibility index (Phi) is 3.45. The molecule has 2 N–H and O–H groups in total. The maximum atomic E-state index is 6.51. The molecule has 0 fully saturated rings. The zero-order valence-electron chi connectivity index (χ0n) is 12.5. The first kappa shape index (κ1) is 14.4. The first-order valence-electron chi connectivity index (χ1n) is 7.47. The smallest absolute Gasteiger partial charge is 0.0728 e. The number of rotatable bonds is 0. The highest BCUT2D eigenvalue weighted by Crippen LogP contribution is 2.46. The van der Waals surface area contributed by atoms with Crippen molar-refractivity contribution in [3.63, 3.8) is 0 Å². The largest absolute Gasteiger partial charge is 0.398 e. The fourth-order valence-corrected chi connectivity index (χ4v) is 4.07. The van der Waals surface area contributed by atoms with Crippen LogP contribution in [0.25, 0.3) is 10.9 Å². The van der Waals surface area contributed by atoms with Crippen LogP contribution in [0.3, 0.4) is 0 Å². The molecule has 2 nitrogen and oxygen atoms in total. The summed E-state index contributed by atoms with van der Waals surface area (Å²) in [5, 5.41) is 1.13. The van der Waals surface area contributed by atoms with Crippen LogP contribution in [0.5, 0.6) is 0 Å². The van der Waals surface area contributed by atoms with Gasteiger partial charge in [0.25, 0.3) is 0 Å². The molecule has 2 aliphatic carbocycles. The highest BCUT2D eigenvalue weighted by molar-refractivity contribution is 5.93. The van der Waals surface area contributed by atoms with Crippen molar-refractivity contribution in [2.45, 2.75) is 39.0 Å². The third-order valence-electron chi connectivity index (χ3n) is 4.84. The maximum Gasteiger partial charge on any atom is 0.0728 e. The molecule has 1 aromatic heterocycles. The van der Waals surface area contributed by atoms with Crippen LogP contribution in [0.15, 0.2) is 29.8 Å². The summed E-state index contributed by atoms with van der Waals surface area (Å²) in [6, 6.07) is 6.41. The van der Waals surface area contributed by atoms with Gasteiger partial charge >= 0.3 is 0 Å². The minimum Gasteiger partial charge on any atom is -0.398 e. The number of aromatic nitrogens is 1. The van der Waals surface area contributed by atoms with E-state index >= 15 is 0 Å². The van der Waals surface area contributed by atoms with Crippen LogP contribution in [0.1, 0.15) is 42.5 Å². The van der Waals surface area contributed by atoms with Crippen molar-refractivity contribution in [3.05, 3.63) is 46.7 Å². The lowest BCUT2D eigenvalue weighted by Gasteiger charge is -2.35. The van der Waals surface area contributed by atoms with Crippen molar-refractivity contribution in [2.24, 2.45) is 5.92 Å². The van der Waals surface area contributed by atoms with E-state index in [9.17, 15) is 0 Å². The fourth-order valence-electron chi connectivity index (χ4n) is 4.07. The fraction of sp³-hybridized carbons (Fsp3) is 0.389. The predicted octanol–water partition coefficient (Wildman–Crippen LogP) is 4.54. The molecule has 1 aromatic carbocycles. The minimum absolute atomic E-state index is 0. The minimum atomic E-state index is 0. The van der Waals surface area contributed by atoms with Crippen LogP contribution in [-0.2, 0) is 6.42 Å². The number of nitrogens with two attached hydrogens (primary N) is 1. The molecule has 2 aliphatic rings. The summed E-state index contributed by atoms with van der Waals surface area (Å²) in [5.41, 5.74) is 13.9. The van der Waals surface area contributed by atoms with E-state index in [1.54, 1.807) is 0 Å². The molecule has 110 valence electrons. The summed E-state index contributed by atoms with van der Waals surface area (Å²) in [6.07, 6.45) is 5.88. The predicted molar refractivity (Wildman–Crippen MR) is 91.1 cm³/mol. The van der Waals surface area contributed by atoms with E-state index < -0.39 is 0 Å². The number of aryl methyl sites for hydroxylation is 1. The summed E-state index contributed by atoms with van der Waals surface area (Å²) in [6.45, 7) is 4.36. The first-order chi connectivity index (χ1) is 9.61. The van der Waals surface area contributed by atoms with E-state index in [2.05, 4.69) is 38.1 Å². The van der Waals surface area contributed by atoms with Crippen LogP contribution in [-0.4, -0.2) is 4.98 Å². The van der Waals surface area contributed by atoms with Gasteiger partial charge in [-0.05, 0) is 56.6 Å². The van der Waals surface area contributed by atoms with Crippen molar-refractivity contribution in [2.75, 3.05) is 5.73 Å². The maximum absolute atomic E-state index is 6.51. The number of pyridine rings is 1. The molecular formula is C18H21ClN2. The summed E-state index contributed by atoms with van der Waals surface area (Å²) in [4.78, 5) is 4.94. The molecule has 2 atom stereocenters. The van der Waals surface area contributed by atoms with E-state index in [1.807, 2.05) is 0 Å². The highest BCUT2D eigenvalue weighted by atomic mass is 35.5. The molecule has 2 aromatic rings. The number of fused-ring (bicyclic) bond motifs is 5. The Morgan fingerprint density at radius 2 is 2.00 bits per heavy atom. The van der Waals surface area contributed by atoms with E-state index in [-0.39, 0.29) is 12.4 Å². The van der Waals surface area contributed by atoms with Gasteiger partial charge in [-0.1, -0.05) is 23.8 Å². The standard InChI is InChI=1S/C18H20N2.ClH/c1-10-3-4-14-15(7-10)20-16-9-12-5-11(2)6-13(8-12)17(16)18(14)19;/h3-5,7,12-13H,6,8-9H2,1-2H3,(H2,19,20);1H. The van der Waals surface area contributed by atoms with Gasteiger partial charge in [0.1, 0.15) is 0 Å². The normalized spacial score (nSPS) is 23.2. The van der Waals surface area contributed by atoms with E-state index in [1.165, 1.54) is 28.8 Å². The Bertz CT molecular complexity index is 748. The molecule has 0 amide bonds. The van der Waals surface area contributed by atoms with E-state index in [0.29, 0.717) is 11.8 Å². The van der Waals surface area contributed by atoms with Crippen molar-refractivity contribution in [1.29, 1.82) is 0 Å². The number of nitrogens with zero attached hydrogens (tertiary/aromatic N) is 1. The van der Waals surface area contributed by atoms with Gasteiger partial charge in [0.15, 0.2) is 0 Å². The number of hydrogen-bond donors (Lipinski definition) is 1. The second-order valence-corrected chi connectivity index (χ2v) is 6.52. The Balaban J connectivity index is 0.00000132. The lowest BCUT2D eigenvalue weighted by molar-refractivity contribution is 0.433. The van der Waals surface area contributed by atoms with Crippen LogP contribution in [0, 0.1) is 12.8 Å². The molecule has 3 heteroatoms. The highest BCUT2D eigenvalue weighted by Gasteiger charge is 2.32. The van der Waals surface area contributed by atoms with E-state index in [4.69, 9.17) is 10.7 Å². The summed E-state index contributed by atoms with van der Waals surface area (Å²) >= 11 is 0. The number of halogens is 1. The second kappa shape index (κ2) is 5.03.